The Morgan fingerprint density at radius 3 is 2.29 bits per heavy atom. The molecule has 1 atom stereocenters. The Hall–Kier alpha value is -2.51. The topological polar surface area (TPSA) is 75.7 Å². The van der Waals surface area contributed by atoms with Crippen LogP contribution in [0.2, 0.25) is 5.02 Å². The number of nitrogens with zero attached hydrogens (tertiary/aromatic N) is 1. The number of nitrogens with one attached hydrogen (secondary N) is 1. The van der Waals surface area contributed by atoms with Crippen LogP contribution in [0.15, 0.2) is 54.6 Å². The first-order valence-corrected chi connectivity index (χ1v) is 9.99. The smallest absolute Gasteiger partial charge is 0.317 e. The van der Waals surface area contributed by atoms with Crippen molar-refractivity contribution < 1.29 is 19.1 Å². The zero-order valence-electron chi connectivity index (χ0n) is 15.6. The van der Waals surface area contributed by atoms with Crippen molar-refractivity contribution >= 4 is 46.8 Å². The van der Waals surface area contributed by atoms with Gasteiger partial charge in [0.1, 0.15) is 0 Å². The lowest BCUT2D eigenvalue weighted by molar-refractivity contribution is -0.157. The Kier molecular flexibility index (Phi) is 8.35. The lowest BCUT2D eigenvalue weighted by Crippen LogP contribution is -2.31. The SMILES string of the molecule is CN(C)C(=O)[C@H](OC(=O)CSCC(=O)Nc1ccc(Cl)cc1)c1ccccc1. The highest BCUT2D eigenvalue weighted by Crippen LogP contribution is 2.20. The van der Waals surface area contributed by atoms with Crippen LogP contribution in [0.3, 0.4) is 0 Å². The van der Waals surface area contributed by atoms with E-state index in [0.717, 1.165) is 11.8 Å². The highest BCUT2D eigenvalue weighted by molar-refractivity contribution is 8.00. The second kappa shape index (κ2) is 10.7. The van der Waals surface area contributed by atoms with E-state index in [-0.39, 0.29) is 23.3 Å². The number of halogens is 1. The first-order valence-electron chi connectivity index (χ1n) is 8.45. The van der Waals surface area contributed by atoms with Crippen LogP contribution < -0.4 is 5.32 Å². The summed E-state index contributed by atoms with van der Waals surface area (Å²) in [6.45, 7) is 0. The number of carbonyl (C=O) groups excluding carboxylic acids is 3. The number of amides is 2. The van der Waals surface area contributed by atoms with Crippen molar-refractivity contribution in [2.75, 3.05) is 30.9 Å². The standard InChI is InChI=1S/C20H21ClN2O4S/c1-23(2)20(26)19(14-6-4-3-5-7-14)27-18(25)13-28-12-17(24)22-16-10-8-15(21)9-11-16/h3-11,19H,12-13H2,1-2H3,(H,22,24)/t19-/m1/s1. The number of anilines is 1. The zero-order chi connectivity index (χ0) is 20.5. The normalized spacial score (nSPS) is 11.4. The monoisotopic (exact) mass is 420 g/mol. The number of likely N-dealkylation sites (N-methyl/N-ethyl adjacent to an activating group) is 1. The number of esters is 1. The molecule has 0 aliphatic rings. The van der Waals surface area contributed by atoms with Gasteiger partial charge < -0.3 is 15.0 Å². The van der Waals surface area contributed by atoms with Crippen LogP contribution in [0.1, 0.15) is 11.7 Å². The number of benzene rings is 2. The van der Waals surface area contributed by atoms with E-state index in [1.54, 1.807) is 62.6 Å². The van der Waals surface area contributed by atoms with Gasteiger partial charge in [0.25, 0.3) is 5.91 Å². The molecule has 2 amide bonds. The molecular formula is C20H21ClN2O4S. The van der Waals surface area contributed by atoms with E-state index in [1.807, 2.05) is 6.07 Å². The quantitative estimate of drug-likeness (QED) is 0.662. The predicted octanol–water partition coefficient (Wildman–Crippen LogP) is 3.38. The largest absolute Gasteiger partial charge is 0.447 e. The molecule has 0 saturated carbocycles. The second-order valence-electron chi connectivity index (χ2n) is 6.06. The first kappa shape index (κ1) is 21.8. The fourth-order valence-corrected chi connectivity index (χ4v) is 2.97. The maximum atomic E-state index is 12.4. The van der Waals surface area contributed by atoms with E-state index in [2.05, 4.69) is 5.32 Å². The van der Waals surface area contributed by atoms with E-state index in [9.17, 15) is 14.4 Å². The van der Waals surface area contributed by atoms with Crippen LogP contribution in [-0.4, -0.2) is 48.3 Å². The number of ether oxygens (including phenoxy) is 1. The Bertz CT molecular complexity index is 813. The lowest BCUT2D eigenvalue weighted by Gasteiger charge is -2.21. The van der Waals surface area contributed by atoms with E-state index in [4.69, 9.17) is 16.3 Å². The van der Waals surface area contributed by atoms with Gasteiger partial charge in [0.05, 0.1) is 11.5 Å². The number of hydrogen-bond acceptors (Lipinski definition) is 5. The highest BCUT2D eigenvalue weighted by Gasteiger charge is 2.26. The highest BCUT2D eigenvalue weighted by atomic mass is 35.5. The van der Waals surface area contributed by atoms with Crippen molar-refractivity contribution in [3.8, 4) is 0 Å². The van der Waals surface area contributed by atoms with Gasteiger partial charge in [-0.3, -0.25) is 14.4 Å². The van der Waals surface area contributed by atoms with Gasteiger partial charge in [-0.25, -0.2) is 0 Å². The Morgan fingerprint density at radius 1 is 1.04 bits per heavy atom. The summed E-state index contributed by atoms with van der Waals surface area (Å²) in [6.07, 6.45) is -1.01. The third-order valence-corrected chi connectivity index (χ3v) is 4.76. The minimum atomic E-state index is -1.01. The van der Waals surface area contributed by atoms with E-state index < -0.39 is 12.1 Å². The molecule has 8 heteroatoms. The van der Waals surface area contributed by atoms with Gasteiger partial charge in [-0.2, -0.15) is 0 Å². The van der Waals surface area contributed by atoms with E-state index in [0.29, 0.717) is 16.3 Å². The zero-order valence-corrected chi connectivity index (χ0v) is 17.1. The molecule has 0 aliphatic heterocycles. The lowest BCUT2D eigenvalue weighted by atomic mass is 10.1. The molecule has 6 nitrogen and oxygen atoms in total. The molecule has 1 N–H and O–H groups in total. The Labute approximate surface area is 173 Å². The molecule has 2 aromatic carbocycles. The number of thioether (sulfide) groups is 1. The number of carbonyl (C=O) groups is 3. The summed E-state index contributed by atoms with van der Waals surface area (Å²) >= 11 is 6.91. The van der Waals surface area contributed by atoms with Crippen LogP contribution in [0.25, 0.3) is 0 Å². The molecule has 0 fully saturated rings. The summed E-state index contributed by atoms with van der Waals surface area (Å²) in [5.74, 6) is -1.10. The molecule has 0 radical (unpaired) electrons. The van der Waals surface area contributed by atoms with Crippen molar-refractivity contribution in [3.63, 3.8) is 0 Å². The van der Waals surface area contributed by atoms with Crippen molar-refractivity contribution in [2.24, 2.45) is 0 Å². The first-order chi connectivity index (χ1) is 13.4. The van der Waals surface area contributed by atoms with Gasteiger partial charge in [0, 0.05) is 30.4 Å². The van der Waals surface area contributed by atoms with Crippen LogP contribution >= 0.6 is 23.4 Å². The minimum Gasteiger partial charge on any atom is -0.447 e. The third-order valence-electron chi connectivity index (χ3n) is 3.60. The molecule has 148 valence electrons. The Balaban J connectivity index is 1.84. The molecule has 0 aromatic heterocycles. The molecule has 0 bridgehead atoms. The second-order valence-corrected chi connectivity index (χ2v) is 7.48. The average molecular weight is 421 g/mol. The third kappa shape index (κ3) is 6.90. The summed E-state index contributed by atoms with van der Waals surface area (Å²) in [5.41, 5.74) is 1.22. The van der Waals surface area contributed by atoms with Crippen molar-refractivity contribution in [3.05, 3.63) is 65.2 Å². The molecule has 28 heavy (non-hydrogen) atoms. The number of rotatable bonds is 8. The molecule has 0 saturated heterocycles. The molecule has 0 spiro atoms. The van der Waals surface area contributed by atoms with Crippen molar-refractivity contribution in [1.29, 1.82) is 0 Å². The Morgan fingerprint density at radius 2 is 1.68 bits per heavy atom. The van der Waals surface area contributed by atoms with Gasteiger partial charge in [-0.1, -0.05) is 41.9 Å². The van der Waals surface area contributed by atoms with E-state index >= 15 is 0 Å². The molecule has 0 unspecified atom stereocenters. The van der Waals surface area contributed by atoms with Crippen LogP contribution in [0.5, 0.6) is 0 Å². The molecular weight excluding hydrogens is 400 g/mol. The van der Waals surface area contributed by atoms with Crippen molar-refractivity contribution in [1.82, 2.24) is 4.90 Å². The predicted molar refractivity (Wildman–Crippen MR) is 111 cm³/mol. The summed E-state index contributed by atoms with van der Waals surface area (Å²) in [4.78, 5) is 37.8. The van der Waals surface area contributed by atoms with Crippen LogP contribution in [0, 0.1) is 0 Å². The molecule has 2 rings (SSSR count). The summed E-state index contributed by atoms with van der Waals surface area (Å²) in [5, 5.41) is 3.29. The van der Waals surface area contributed by atoms with Gasteiger partial charge >= 0.3 is 5.97 Å². The van der Waals surface area contributed by atoms with Gasteiger partial charge in [0.2, 0.25) is 12.0 Å². The van der Waals surface area contributed by atoms with Gasteiger partial charge in [-0.05, 0) is 24.3 Å². The summed E-state index contributed by atoms with van der Waals surface area (Å²) in [7, 11) is 3.20. The fourth-order valence-electron chi connectivity index (χ4n) is 2.25. The summed E-state index contributed by atoms with van der Waals surface area (Å²) in [6, 6.07) is 15.5. The molecule has 0 aliphatic carbocycles. The number of hydrogen-bond donors (Lipinski definition) is 1. The minimum absolute atomic E-state index is 0.0436. The maximum absolute atomic E-state index is 12.4. The average Bonchev–Trinajstić information content (AvgIpc) is 2.68. The molecule has 2 aromatic rings. The molecule has 0 heterocycles. The van der Waals surface area contributed by atoms with Crippen LogP contribution in [0.4, 0.5) is 5.69 Å². The fraction of sp³-hybridized carbons (Fsp3) is 0.250. The van der Waals surface area contributed by atoms with Gasteiger partial charge in [-0.15, -0.1) is 11.8 Å². The van der Waals surface area contributed by atoms with Gasteiger partial charge in [0.15, 0.2) is 0 Å². The summed E-state index contributed by atoms with van der Waals surface area (Å²) < 4.78 is 5.38. The van der Waals surface area contributed by atoms with E-state index in [1.165, 1.54) is 4.90 Å². The van der Waals surface area contributed by atoms with Crippen molar-refractivity contribution in [2.45, 2.75) is 6.10 Å². The van der Waals surface area contributed by atoms with Crippen LogP contribution in [-0.2, 0) is 19.1 Å². The maximum Gasteiger partial charge on any atom is 0.317 e.